The van der Waals surface area contributed by atoms with E-state index >= 15 is 14.4 Å². The summed E-state index contributed by atoms with van der Waals surface area (Å²) in [5, 5.41) is 11.3. The Morgan fingerprint density at radius 1 is 0.220 bits per heavy atom. The van der Waals surface area contributed by atoms with Crippen LogP contribution in [0.3, 0.4) is 0 Å². The molecule has 0 unspecified atom stereocenters. The van der Waals surface area contributed by atoms with Gasteiger partial charge in [-0.15, -0.1) is 0 Å². The predicted molar refractivity (Wildman–Crippen MR) is 545 cm³/mol. The molecule has 41 aromatic rings. The minimum absolute atomic E-state index is 0.128. The van der Waals surface area contributed by atoms with Crippen LogP contribution in [0.4, 0.5) is 0 Å². The zero-order valence-corrected chi connectivity index (χ0v) is 76.8. The summed E-state index contributed by atoms with van der Waals surface area (Å²) >= 11 is 0. The van der Waals surface area contributed by atoms with Gasteiger partial charge in [0.25, 0.3) is 33.4 Å². The van der Waals surface area contributed by atoms with E-state index in [9.17, 15) is 14.4 Å². The molecule has 3 aliphatic carbocycles. The Balaban J connectivity index is 0.959. The van der Waals surface area contributed by atoms with Gasteiger partial charge >= 0.3 is 0 Å². The monoisotopic (exact) mass is 1730 g/mol. The van der Waals surface area contributed by atoms with Crippen LogP contribution >= 0.6 is 0 Å². The Labute approximate surface area is 774 Å². The van der Waals surface area contributed by atoms with E-state index in [4.69, 9.17) is 0 Å². The van der Waals surface area contributed by atoms with E-state index in [1.165, 1.54) is 19.3 Å². The number of rotatable bonds is 15. The fourth-order valence-corrected chi connectivity index (χ4v) is 19.1. The van der Waals surface area contributed by atoms with Gasteiger partial charge in [-0.05, 0) is 351 Å². The van der Waals surface area contributed by atoms with Crippen LogP contribution in [0.2, 0.25) is 0 Å². The second kappa shape index (κ2) is 43.3. The molecule has 0 aliphatic heterocycles. The molecule has 0 radical (unpaired) electrons. The topological polar surface area (TPSA) is 132 Å². The smallest absolute Gasteiger partial charge is 0.258 e. The van der Waals surface area contributed by atoms with Crippen molar-refractivity contribution in [3.05, 3.63) is 390 Å². The molecule has 12 heteroatoms. The van der Waals surface area contributed by atoms with E-state index in [0.717, 1.165) is 181 Å². The van der Waals surface area contributed by atoms with Gasteiger partial charge in [0.05, 0.1) is 0 Å². The Kier molecular flexibility index (Phi) is 29.9. The number of aryl methyl sites for hydroxylation is 3. The fraction of sp³-hybridized carbons (Fsp3) is 0.300. The van der Waals surface area contributed by atoms with E-state index in [1.54, 1.807) is 86.5 Å². The lowest BCUT2D eigenvalue weighted by molar-refractivity contribution is 0.265. The molecule has 11 aromatic carbocycles. The third-order valence-corrected chi connectivity index (χ3v) is 26.9. The molecule has 660 valence electrons. The summed E-state index contributed by atoms with van der Waals surface area (Å²) in [7, 11) is 0. The standard InChI is InChI=1S/C120H114N6O6/c1-7-10-76-121-109-64-40-88(41-65-109)28-34-94-79-95-35-29-89-42-66-110(67-43-89)122(77-11-8-2)116(128)104-54-60-107(61-55-104)119(131)125(86(5)101-24-18-14-19-25-101)113-72-48-92(49-73-113)32-38-98-82-97(37-31-91-46-70-112(71-47-91)124(85(4)100-22-16-13-17-23-100)118(130)106-58-52-103(53-59-106)115(121)127)83-99(84-98)39-33-93-50-74-114(75-51-93)126(87(6)102-26-20-15-21-27-102)120(132)108-62-56-105(57-63-108)117(129)123(78-12-9-3)111-68-44-90(45-69-111)30-36-96(80-94)81-95/h40-75,79-87,100-102H,7-27,76-78H2,1-6H3/t85-,86-,87-/m1/s1. The predicted octanol–water partition coefficient (Wildman–Crippen LogP) is 27.0. The van der Waals surface area contributed by atoms with Gasteiger partial charge in [0.1, 0.15) is 0 Å². The molecule has 3 fully saturated rings. The van der Waals surface area contributed by atoms with Crippen molar-refractivity contribution in [2.45, 2.75) is 214 Å². The van der Waals surface area contributed by atoms with Gasteiger partial charge in [-0.1, -0.05) is 171 Å². The molecule has 0 saturated heterocycles. The molecule has 3 aliphatic rings. The molecule has 44 rings (SSSR count). The van der Waals surface area contributed by atoms with E-state index in [1.807, 2.05) is 196 Å². The van der Waals surface area contributed by atoms with Crippen molar-refractivity contribution in [2.24, 2.45) is 17.8 Å². The number of unbranched alkanes of at least 4 members (excludes halogenated alkanes) is 3. The van der Waals surface area contributed by atoms with Crippen molar-refractivity contribution < 1.29 is 0 Å². The molecule has 132 heavy (non-hydrogen) atoms. The number of hydrogen-bond acceptors (Lipinski definition) is 6. The van der Waals surface area contributed by atoms with Crippen LogP contribution in [0.5, 0.6) is 0 Å². The molecule has 30 aromatic heterocycles. The maximum atomic E-state index is 15.3. The zero-order chi connectivity index (χ0) is 91.4. The lowest BCUT2D eigenvalue weighted by Gasteiger charge is -2.29. The molecule has 3 saturated carbocycles. The summed E-state index contributed by atoms with van der Waals surface area (Å²) in [4.78, 5) is 90.8. The van der Waals surface area contributed by atoms with Gasteiger partial charge < -0.3 is 27.4 Å². The van der Waals surface area contributed by atoms with Gasteiger partial charge in [-0.2, -0.15) is 0 Å². The van der Waals surface area contributed by atoms with Gasteiger partial charge in [-0.25, -0.2) is 0 Å². The SMILES string of the molecule is CCCCn1c(=O)c2ccc(cc2)c(=O)n([C@H](C)C2CCCCC2)c2ccc(c#cc3cc4c#cc5ccc(cc5)n([C@H](C)C5CCCCC5)c(=O)c5ccc(cc5)c(=O)n(CCCC)c5ccc(c#cc6cc(c#cc7ccc1cc7)cc(c#cc1ccc(cc1)n(CCCC)c(=O)c1ccc(cc1)c(=O)n([C@H](C)C1CCCCC1)c1ccc(c#cc(c3)c4)cc1)c6)cc5)cc2. The maximum Gasteiger partial charge on any atom is 0.258 e. The van der Waals surface area contributed by atoms with Crippen molar-refractivity contribution >= 4 is 130 Å². The molecule has 30 heterocycles. The maximum absolute atomic E-state index is 15.3. The summed E-state index contributed by atoms with van der Waals surface area (Å²) in [6.07, 6.45) is 21.2. The fourth-order valence-electron chi connectivity index (χ4n) is 19.1. The van der Waals surface area contributed by atoms with Crippen molar-refractivity contribution in [1.29, 1.82) is 0 Å². The molecular weight excluding hydrogens is 1620 g/mol. The second-order valence-corrected chi connectivity index (χ2v) is 36.0. The Bertz CT molecular complexity index is 6690. The third kappa shape index (κ3) is 22.2. The zero-order valence-electron chi connectivity index (χ0n) is 76.8. The average Bonchev–Trinajstić information content (AvgIpc) is 0.800. The summed E-state index contributed by atoms with van der Waals surface area (Å²) in [6.45, 7) is 14.3. The van der Waals surface area contributed by atoms with Crippen LogP contribution in [-0.2, 0) is 19.6 Å². The van der Waals surface area contributed by atoms with Gasteiger partial charge in [0.2, 0.25) is 0 Å². The first-order chi connectivity index (χ1) is 64.5. The minimum Gasteiger partial charge on any atom is -0.308 e. The molecule has 0 amide bonds. The van der Waals surface area contributed by atoms with Crippen LogP contribution in [0.15, 0.2) is 284 Å². The Morgan fingerprint density at radius 2 is 0.386 bits per heavy atom. The highest BCUT2D eigenvalue weighted by molar-refractivity contribution is 5.79. The third-order valence-electron chi connectivity index (χ3n) is 26.9. The first kappa shape index (κ1) is 90.9. The number of aromatic nitrogens is 6. The van der Waals surface area contributed by atoms with Gasteiger partial charge in [0, 0.05) is 168 Å². The molecule has 0 spiro atoms. The summed E-state index contributed by atoms with van der Waals surface area (Å²) in [5.41, 5.74) is 3.43. The second-order valence-electron chi connectivity index (χ2n) is 36.0. The van der Waals surface area contributed by atoms with E-state index in [2.05, 4.69) is 114 Å². The van der Waals surface area contributed by atoms with Crippen LogP contribution in [0, 0.1) is 90.6 Å². The first-order valence-electron chi connectivity index (χ1n) is 47.8. The minimum atomic E-state index is -0.178. The average molecular weight is 1740 g/mol. The molecule has 0 N–H and O–H groups in total. The van der Waals surface area contributed by atoms with Gasteiger partial charge in [0.15, 0.2) is 0 Å². The Hall–Kier alpha value is -14.4. The van der Waals surface area contributed by atoms with Crippen molar-refractivity contribution in [3.8, 4) is 0 Å². The number of nitrogens with zero attached hydrogens (tertiary/aromatic N) is 6. The largest absolute Gasteiger partial charge is 0.308 e. The van der Waals surface area contributed by atoms with Crippen LogP contribution in [-0.4, -0.2) is 27.4 Å². The van der Waals surface area contributed by atoms with Crippen molar-refractivity contribution in [2.75, 3.05) is 0 Å². The molecule has 24 bridgehead atoms. The van der Waals surface area contributed by atoms with Crippen LogP contribution < -0.4 is 33.4 Å². The lowest BCUT2D eigenvalue weighted by atomic mass is 9.84. The van der Waals surface area contributed by atoms with E-state index < -0.39 is 0 Å². The van der Waals surface area contributed by atoms with E-state index in [-0.39, 0.29) is 69.2 Å². The van der Waals surface area contributed by atoms with Crippen molar-refractivity contribution in [3.63, 3.8) is 0 Å². The number of benzene rings is 11. The summed E-state index contributed by atoms with van der Waals surface area (Å²) in [6, 6.07) is 121. The van der Waals surface area contributed by atoms with Crippen LogP contribution in [0.25, 0.3) is 130 Å². The molecular formula is C120H114N6O6. The first-order valence-corrected chi connectivity index (χ1v) is 47.8. The Morgan fingerprint density at radius 3 is 0.568 bits per heavy atom. The van der Waals surface area contributed by atoms with Crippen LogP contribution in [0.1, 0.15) is 195 Å². The molecule has 3 atom stereocenters. The quantitative estimate of drug-likeness (QED) is 0.100. The van der Waals surface area contributed by atoms with E-state index in [0.29, 0.717) is 84.3 Å². The highest BCUT2D eigenvalue weighted by Gasteiger charge is 2.26. The lowest BCUT2D eigenvalue weighted by Crippen LogP contribution is -2.28. The summed E-state index contributed by atoms with van der Waals surface area (Å²) < 4.78 is 11.2. The highest BCUT2D eigenvalue weighted by atomic mass is 16.2. The summed E-state index contributed by atoms with van der Waals surface area (Å²) in [5.74, 6) is 0.868. The van der Waals surface area contributed by atoms with Crippen molar-refractivity contribution in [1.82, 2.24) is 27.4 Å². The number of hydrogen-bond donors (Lipinski definition) is 0. The molecule has 12 nitrogen and oxygen atoms in total. The highest BCUT2D eigenvalue weighted by Crippen LogP contribution is 2.36. The normalized spacial score (nSPS) is 14.0. The van der Waals surface area contributed by atoms with Gasteiger partial charge in [-0.3, -0.25) is 28.8 Å².